The third-order valence-electron chi connectivity index (χ3n) is 7.12. The maximum absolute atomic E-state index is 13.5. The van der Waals surface area contributed by atoms with Crippen LogP contribution in [-0.2, 0) is 21.4 Å². The van der Waals surface area contributed by atoms with Gasteiger partial charge < -0.3 is 4.52 Å². The Bertz CT molecular complexity index is 1230. The molecule has 10 heteroatoms. The van der Waals surface area contributed by atoms with E-state index in [0.717, 1.165) is 37.0 Å². The first kappa shape index (κ1) is 22.2. The van der Waals surface area contributed by atoms with E-state index >= 15 is 0 Å². The minimum Gasteiger partial charge on any atom is -0.357 e. The lowest BCUT2D eigenvalue weighted by Crippen LogP contribution is -2.54. The summed E-state index contributed by atoms with van der Waals surface area (Å²) in [6.07, 6.45) is 9.33. The second-order valence-corrected chi connectivity index (χ2v) is 12.2. The zero-order chi connectivity index (χ0) is 23.6. The normalized spacial score (nSPS) is 25.6. The van der Waals surface area contributed by atoms with Gasteiger partial charge in [0.2, 0.25) is 10.0 Å². The molecule has 1 aliphatic heterocycles. The van der Waals surface area contributed by atoms with E-state index in [1.54, 1.807) is 29.7 Å². The van der Waals surface area contributed by atoms with Gasteiger partial charge in [0, 0.05) is 17.0 Å². The third kappa shape index (κ3) is 4.10. The van der Waals surface area contributed by atoms with Crippen molar-refractivity contribution in [1.29, 1.82) is 0 Å². The average molecular weight is 474 g/mol. The molecule has 2 heterocycles. The molecule has 0 bridgehead atoms. The summed E-state index contributed by atoms with van der Waals surface area (Å²) >= 11 is 0. The molecular weight excluding hydrogens is 444 g/mol. The molecule has 1 aromatic rings. The standard InChI is InChI=1S/C23H29N4O5S/c1-15-11-16(32-24-15)13-26-20(28)18-12-17(33(30,31)25-23(3)9-10-23)5-6-19(18)27(21(26)29)14-22(2)7-4-8-22/h5-6,11-12,17,25H,4,7-10,13-14H2,1-3H3/q+1. The Morgan fingerprint density at radius 1 is 1.24 bits per heavy atom. The van der Waals surface area contributed by atoms with Gasteiger partial charge in [0.25, 0.3) is 0 Å². The Morgan fingerprint density at radius 3 is 2.55 bits per heavy atom. The number of nitrogens with one attached hydrogen (secondary N) is 1. The maximum atomic E-state index is 13.5. The molecular formula is C23H29N4O5S+. The first-order chi connectivity index (χ1) is 15.5. The molecule has 3 amide bonds. The molecule has 2 fully saturated rings. The number of hydrogen-bond acceptors (Lipinski definition) is 6. The van der Waals surface area contributed by atoms with Crippen molar-refractivity contribution >= 4 is 27.7 Å². The second-order valence-electron chi connectivity index (χ2n) is 10.4. The van der Waals surface area contributed by atoms with Crippen LogP contribution in [0.4, 0.5) is 4.79 Å². The molecule has 5 rings (SSSR count). The number of aryl methyl sites for hydroxylation is 1. The van der Waals surface area contributed by atoms with Gasteiger partial charge in [0.05, 0.1) is 12.2 Å². The van der Waals surface area contributed by atoms with Crippen molar-refractivity contribution in [1.82, 2.24) is 14.8 Å². The van der Waals surface area contributed by atoms with Crippen LogP contribution < -0.4 is 4.72 Å². The fraction of sp³-hybridized carbons (Fsp3) is 0.565. The van der Waals surface area contributed by atoms with Crippen LogP contribution in [0.2, 0.25) is 0 Å². The lowest BCUT2D eigenvalue weighted by Gasteiger charge is -2.38. The first-order valence-electron chi connectivity index (χ1n) is 11.3. The van der Waals surface area contributed by atoms with Gasteiger partial charge in [-0.25, -0.2) is 17.9 Å². The summed E-state index contributed by atoms with van der Waals surface area (Å²) in [7, 11) is -3.71. The van der Waals surface area contributed by atoms with Crippen LogP contribution in [0.5, 0.6) is 0 Å². The molecule has 1 N–H and O–H groups in total. The number of carbonyl (C=O) groups excluding carboxylic acids is 2. The molecule has 1 unspecified atom stereocenters. The van der Waals surface area contributed by atoms with Crippen molar-refractivity contribution in [2.75, 3.05) is 6.54 Å². The van der Waals surface area contributed by atoms with Crippen molar-refractivity contribution in [3.05, 3.63) is 41.3 Å². The van der Waals surface area contributed by atoms with E-state index in [-0.39, 0.29) is 17.5 Å². The molecule has 4 aliphatic rings. The van der Waals surface area contributed by atoms with Gasteiger partial charge in [-0.15, -0.1) is 4.90 Å². The van der Waals surface area contributed by atoms with Crippen molar-refractivity contribution in [2.45, 2.75) is 70.2 Å². The fourth-order valence-corrected chi connectivity index (χ4v) is 6.26. The van der Waals surface area contributed by atoms with Crippen LogP contribution in [-0.4, -0.2) is 58.0 Å². The predicted octanol–water partition coefficient (Wildman–Crippen LogP) is 2.43. The van der Waals surface area contributed by atoms with E-state index in [2.05, 4.69) is 16.8 Å². The summed E-state index contributed by atoms with van der Waals surface area (Å²) in [5, 5.41) is 2.86. The predicted molar refractivity (Wildman–Crippen MR) is 120 cm³/mol. The number of fused-ring (bicyclic) bond motifs is 1. The lowest BCUT2D eigenvalue weighted by molar-refractivity contribution is -0.459. The topological polar surface area (TPSA) is 113 Å². The minimum absolute atomic E-state index is 0.0263. The molecule has 0 aromatic carbocycles. The van der Waals surface area contributed by atoms with Gasteiger partial charge in [-0.2, -0.15) is 9.37 Å². The van der Waals surface area contributed by atoms with Gasteiger partial charge in [0.1, 0.15) is 16.5 Å². The Kier molecular flexibility index (Phi) is 5.02. The van der Waals surface area contributed by atoms with E-state index in [9.17, 15) is 18.0 Å². The molecule has 3 aliphatic carbocycles. The number of urea groups is 1. The Labute approximate surface area is 193 Å². The Hall–Kier alpha value is -2.59. The van der Waals surface area contributed by atoms with Crippen LogP contribution in [0.25, 0.3) is 0 Å². The van der Waals surface area contributed by atoms with Crippen LogP contribution >= 0.6 is 0 Å². The highest BCUT2D eigenvalue weighted by molar-refractivity contribution is 7.90. The number of nitrogens with zero attached hydrogens (tertiary/aromatic N) is 3. The molecule has 0 radical (unpaired) electrons. The number of carbonyl (C=O) groups is 2. The van der Waals surface area contributed by atoms with Crippen molar-refractivity contribution in [3.8, 4) is 0 Å². The molecule has 0 saturated heterocycles. The highest BCUT2D eigenvalue weighted by atomic mass is 32.2. The summed E-state index contributed by atoms with van der Waals surface area (Å²) in [5.41, 5.74) is 0.906. The van der Waals surface area contributed by atoms with Gasteiger partial charge in [-0.3, -0.25) is 0 Å². The van der Waals surface area contributed by atoms with E-state index in [1.807, 2.05) is 6.92 Å². The molecule has 2 saturated carbocycles. The number of aromatic nitrogens is 1. The second kappa shape index (κ2) is 7.46. The molecule has 1 atom stereocenters. The van der Waals surface area contributed by atoms with Crippen LogP contribution in [0.3, 0.4) is 0 Å². The third-order valence-corrected chi connectivity index (χ3v) is 8.90. The van der Waals surface area contributed by atoms with Gasteiger partial charge in [-0.05, 0) is 51.7 Å². The number of amides is 3. The summed E-state index contributed by atoms with van der Waals surface area (Å²) in [5.74, 6) is -0.131. The maximum Gasteiger partial charge on any atom is 0.501 e. The van der Waals surface area contributed by atoms with Crippen molar-refractivity contribution < 1.29 is 27.1 Å². The van der Waals surface area contributed by atoms with Crippen molar-refractivity contribution in [2.24, 2.45) is 5.41 Å². The monoisotopic (exact) mass is 473 g/mol. The number of allylic oxidation sites excluding steroid dienone is 1. The Balaban J connectivity index is 1.53. The van der Waals surface area contributed by atoms with Gasteiger partial charge >= 0.3 is 11.9 Å². The molecule has 0 spiro atoms. The highest BCUT2D eigenvalue weighted by Gasteiger charge is 2.50. The Morgan fingerprint density at radius 2 is 1.97 bits per heavy atom. The quantitative estimate of drug-likeness (QED) is 0.609. The summed E-state index contributed by atoms with van der Waals surface area (Å²) in [6, 6.07) is 1.25. The molecule has 9 nitrogen and oxygen atoms in total. The van der Waals surface area contributed by atoms with E-state index in [4.69, 9.17) is 4.52 Å². The number of imide groups is 1. The van der Waals surface area contributed by atoms with Crippen LogP contribution in [0.1, 0.15) is 57.4 Å². The minimum atomic E-state index is -3.71. The lowest BCUT2D eigenvalue weighted by atomic mass is 9.70. The van der Waals surface area contributed by atoms with E-state index in [0.29, 0.717) is 23.7 Å². The zero-order valence-corrected chi connectivity index (χ0v) is 19.9. The smallest absolute Gasteiger partial charge is 0.357 e. The number of sulfonamides is 1. The van der Waals surface area contributed by atoms with Crippen LogP contribution in [0, 0.1) is 12.3 Å². The SMILES string of the molecule is Cc1cc(CN2C(=O)C3=CC(S(=O)(=O)NC4(C)CC4)C=CC3=[N+](CC3(C)CCC3)C2=O)on1. The summed E-state index contributed by atoms with van der Waals surface area (Å²) in [6.45, 7) is 6.17. The van der Waals surface area contributed by atoms with E-state index in [1.165, 1.54) is 6.08 Å². The number of rotatable bonds is 7. The highest BCUT2D eigenvalue weighted by Crippen LogP contribution is 2.41. The first-order valence-corrected chi connectivity index (χ1v) is 12.9. The molecule has 176 valence electrons. The fourth-order valence-electron chi connectivity index (χ4n) is 4.63. The van der Waals surface area contributed by atoms with Crippen molar-refractivity contribution in [3.63, 3.8) is 0 Å². The van der Waals surface area contributed by atoms with E-state index < -0.39 is 32.8 Å². The summed E-state index contributed by atoms with van der Waals surface area (Å²) < 4.78 is 35.6. The van der Waals surface area contributed by atoms with Gasteiger partial charge in [0.15, 0.2) is 12.3 Å². The summed E-state index contributed by atoms with van der Waals surface area (Å²) in [4.78, 5) is 28.0. The average Bonchev–Trinajstić information content (AvgIpc) is 3.30. The van der Waals surface area contributed by atoms with Gasteiger partial charge in [-0.1, -0.05) is 24.6 Å². The molecule has 1 aromatic heterocycles. The molecule has 33 heavy (non-hydrogen) atoms. The number of hydrogen-bond donors (Lipinski definition) is 1. The largest absolute Gasteiger partial charge is 0.501 e. The van der Waals surface area contributed by atoms with Crippen LogP contribution in [0.15, 0.2) is 34.4 Å². The zero-order valence-electron chi connectivity index (χ0n) is 19.1.